The molecular weight excluding hydrogens is 284 g/mol. The molecule has 0 fully saturated rings. The van der Waals surface area contributed by atoms with Gasteiger partial charge in [0, 0.05) is 23.5 Å². The SMILES string of the molecule is Cc1nn(CCO)c(C)c1CNc1ccc2ncsc2c1. The van der Waals surface area contributed by atoms with Crippen LogP contribution in [0.2, 0.25) is 0 Å². The van der Waals surface area contributed by atoms with E-state index >= 15 is 0 Å². The largest absolute Gasteiger partial charge is 0.394 e. The minimum Gasteiger partial charge on any atom is -0.394 e. The van der Waals surface area contributed by atoms with Crippen LogP contribution in [0.15, 0.2) is 23.7 Å². The Bertz CT molecular complexity index is 762. The maximum Gasteiger partial charge on any atom is 0.0813 e. The van der Waals surface area contributed by atoms with E-state index in [1.165, 1.54) is 10.3 Å². The van der Waals surface area contributed by atoms with Gasteiger partial charge in [-0.25, -0.2) is 4.98 Å². The Morgan fingerprint density at radius 1 is 1.33 bits per heavy atom. The summed E-state index contributed by atoms with van der Waals surface area (Å²) < 4.78 is 3.04. The van der Waals surface area contributed by atoms with E-state index in [1.54, 1.807) is 11.3 Å². The molecule has 2 heterocycles. The predicted octanol–water partition coefficient (Wildman–Crippen LogP) is 2.71. The standard InChI is InChI=1S/C15H18N4OS/c1-10-13(11(2)19(18-10)5-6-20)8-16-12-3-4-14-15(7-12)21-9-17-14/h3-4,7,9,16,20H,5-6,8H2,1-2H3. The molecule has 110 valence electrons. The predicted molar refractivity (Wildman–Crippen MR) is 85.7 cm³/mol. The summed E-state index contributed by atoms with van der Waals surface area (Å²) in [4.78, 5) is 4.28. The first-order valence-corrected chi connectivity index (χ1v) is 7.78. The van der Waals surface area contributed by atoms with Crippen molar-refractivity contribution in [2.75, 3.05) is 11.9 Å². The van der Waals surface area contributed by atoms with Gasteiger partial charge in [0.25, 0.3) is 0 Å². The van der Waals surface area contributed by atoms with Gasteiger partial charge < -0.3 is 10.4 Å². The van der Waals surface area contributed by atoms with Crippen LogP contribution in [0.4, 0.5) is 5.69 Å². The summed E-state index contributed by atoms with van der Waals surface area (Å²) >= 11 is 1.64. The summed E-state index contributed by atoms with van der Waals surface area (Å²) in [6.07, 6.45) is 0. The van der Waals surface area contributed by atoms with Gasteiger partial charge in [-0.15, -0.1) is 11.3 Å². The van der Waals surface area contributed by atoms with E-state index in [9.17, 15) is 0 Å². The van der Waals surface area contributed by atoms with Crippen LogP contribution in [0.3, 0.4) is 0 Å². The molecule has 21 heavy (non-hydrogen) atoms. The number of benzene rings is 1. The number of hydrogen-bond acceptors (Lipinski definition) is 5. The highest BCUT2D eigenvalue weighted by molar-refractivity contribution is 7.16. The number of aromatic nitrogens is 3. The third-order valence-corrected chi connectivity index (χ3v) is 4.44. The Morgan fingerprint density at radius 2 is 2.19 bits per heavy atom. The van der Waals surface area contributed by atoms with E-state index in [0.29, 0.717) is 6.54 Å². The van der Waals surface area contributed by atoms with Crippen LogP contribution in [-0.4, -0.2) is 26.5 Å². The van der Waals surface area contributed by atoms with Crippen LogP contribution in [0.5, 0.6) is 0 Å². The first-order chi connectivity index (χ1) is 10.2. The Balaban J connectivity index is 1.77. The van der Waals surface area contributed by atoms with Crippen molar-refractivity contribution in [1.29, 1.82) is 0 Å². The van der Waals surface area contributed by atoms with Crippen molar-refractivity contribution in [1.82, 2.24) is 14.8 Å². The van der Waals surface area contributed by atoms with Crippen molar-refractivity contribution in [2.45, 2.75) is 26.9 Å². The molecule has 0 spiro atoms. The average Bonchev–Trinajstić information content (AvgIpc) is 3.03. The van der Waals surface area contributed by atoms with Crippen LogP contribution in [0.25, 0.3) is 10.2 Å². The maximum absolute atomic E-state index is 9.05. The first kappa shape index (κ1) is 14.0. The summed E-state index contributed by atoms with van der Waals surface area (Å²) in [5.74, 6) is 0. The lowest BCUT2D eigenvalue weighted by Crippen LogP contribution is -2.07. The molecule has 3 rings (SSSR count). The van der Waals surface area contributed by atoms with E-state index in [0.717, 1.165) is 29.1 Å². The third-order valence-electron chi connectivity index (χ3n) is 3.64. The number of fused-ring (bicyclic) bond motifs is 1. The number of hydrogen-bond donors (Lipinski definition) is 2. The molecule has 0 aliphatic heterocycles. The van der Waals surface area contributed by atoms with Gasteiger partial charge in [-0.05, 0) is 32.0 Å². The van der Waals surface area contributed by atoms with Gasteiger partial charge in [0.05, 0.1) is 34.6 Å². The number of rotatable bonds is 5. The van der Waals surface area contributed by atoms with Crippen LogP contribution in [-0.2, 0) is 13.1 Å². The topological polar surface area (TPSA) is 63.0 Å². The molecule has 6 heteroatoms. The van der Waals surface area contributed by atoms with Crippen LogP contribution in [0.1, 0.15) is 17.0 Å². The number of aliphatic hydroxyl groups excluding tert-OH is 1. The third kappa shape index (κ3) is 2.77. The molecule has 3 aromatic rings. The fourth-order valence-corrected chi connectivity index (χ4v) is 3.17. The summed E-state index contributed by atoms with van der Waals surface area (Å²) in [6.45, 7) is 5.42. The minimum atomic E-state index is 0.108. The molecule has 1 aromatic carbocycles. The molecule has 0 saturated heterocycles. The van der Waals surface area contributed by atoms with Crippen LogP contribution in [0, 0.1) is 13.8 Å². The summed E-state index contributed by atoms with van der Waals surface area (Å²) in [6, 6.07) is 6.20. The van der Waals surface area contributed by atoms with E-state index in [4.69, 9.17) is 5.11 Å². The lowest BCUT2D eigenvalue weighted by atomic mass is 10.2. The number of anilines is 1. The van der Waals surface area contributed by atoms with Crippen molar-refractivity contribution in [3.8, 4) is 0 Å². The van der Waals surface area contributed by atoms with Gasteiger partial charge in [0.2, 0.25) is 0 Å². The average molecular weight is 302 g/mol. The number of aliphatic hydroxyl groups is 1. The zero-order chi connectivity index (χ0) is 14.8. The molecule has 5 nitrogen and oxygen atoms in total. The second kappa shape index (κ2) is 5.83. The van der Waals surface area contributed by atoms with Crippen molar-refractivity contribution >= 4 is 27.2 Å². The lowest BCUT2D eigenvalue weighted by Gasteiger charge is -2.07. The fourth-order valence-electron chi connectivity index (χ4n) is 2.46. The molecule has 0 atom stereocenters. The van der Waals surface area contributed by atoms with E-state index in [1.807, 2.05) is 36.2 Å². The molecule has 0 radical (unpaired) electrons. The molecule has 2 aromatic heterocycles. The van der Waals surface area contributed by atoms with Gasteiger partial charge in [-0.2, -0.15) is 5.10 Å². The molecule has 0 aliphatic carbocycles. The smallest absolute Gasteiger partial charge is 0.0813 e. The lowest BCUT2D eigenvalue weighted by molar-refractivity contribution is 0.268. The highest BCUT2D eigenvalue weighted by atomic mass is 32.1. The Hall–Kier alpha value is -1.92. The highest BCUT2D eigenvalue weighted by Gasteiger charge is 2.11. The van der Waals surface area contributed by atoms with E-state index < -0.39 is 0 Å². The van der Waals surface area contributed by atoms with Crippen molar-refractivity contribution in [3.63, 3.8) is 0 Å². The Morgan fingerprint density at radius 3 is 3.00 bits per heavy atom. The molecule has 0 unspecified atom stereocenters. The van der Waals surface area contributed by atoms with Crippen molar-refractivity contribution in [3.05, 3.63) is 40.7 Å². The Kier molecular flexibility index (Phi) is 3.90. The van der Waals surface area contributed by atoms with Crippen molar-refractivity contribution < 1.29 is 5.11 Å². The van der Waals surface area contributed by atoms with Crippen LogP contribution >= 0.6 is 11.3 Å². The quantitative estimate of drug-likeness (QED) is 0.760. The molecule has 0 bridgehead atoms. The highest BCUT2D eigenvalue weighted by Crippen LogP contribution is 2.23. The molecular formula is C15H18N4OS. The summed E-state index contributed by atoms with van der Waals surface area (Å²) in [7, 11) is 0. The summed E-state index contributed by atoms with van der Waals surface area (Å²) in [5, 5.41) is 17.0. The zero-order valence-electron chi connectivity index (χ0n) is 12.1. The Labute approximate surface area is 127 Å². The minimum absolute atomic E-state index is 0.108. The van der Waals surface area contributed by atoms with Gasteiger partial charge in [0.15, 0.2) is 0 Å². The first-order valence-electron chi connectivity index (χ1n) is 6.90. The van der Waals surface area contributed by atoms with Gasteiger partial charge in [-0.1, -0.05) is 0 Å². The van der Waals surface area contributed by atoms with Crippen molar-refractivity contribution in [2.24, 2.45) is 0 Å². The van der Waals surface area contributed by atoms with Gasteiger partial charge in [0.1, 0.15) is 0 Å². The molecule has 0 aliphatic rings. The van der Waals surface area contributed by atoms with Crippen LogP contribution < -0.4 is 5.32 Å². The molecule has 0 amide bonds. The van der Waals surface area contributed by atoms with E-state index in [-0.39, 0.29) is 6.61 Å². The second-order valence-corrected chi connectivity index (χ2v) is 5.87. The second-order valence-electron chi connectivity index (χ2n) is 4.98. The number of aryl methyl sites for hydroxylation is 1. The maximum atomic E-state index is 9.05. The number of nitrogens with one attached hydrogen (secondary N) is 1. The number of nitrogens with zero attached hydrogens (tertiary/aromatic N) is 3. The zero-order valence-corrected chi connectivity index (χ0v) is 12.9. The van der Waals surface area contributed by atoms with Gasteiger partial charge >= 0.3 is 0 Å². The normalized spacial score (nSPS) is 11.2. The van der Waals surface area contributed by atoms with E-state index in [2.05, 4.69) is 21.5 Å². The van der Waals surface area contributed by atoms with Gasteiger partial charge in [-0.3, -0.25) is 4.68 Å². The molecule has 0 saturated carbocycles. The fraction of sp³-hybridized carbons (Fsp3) is 0.333. The summed E-state index contributed by atoms with van der Waals surface area (Å²) in [5.41, 5.74) is 7.28. The monoisotopic (exact) mass is 302 g/mol. The molecule has 2 N–H and O–H groups in total. The number of thiazole rings is 1.